The molecule has 1 heterocycles. The third-order valence-corrected chi connectivity index (χ3v) is 2.31. The molecule has 96 valence electrons. The number of hydrogen-bond acceptors (Lipinski definition) is 4. The zero-order chi connectivity index (χ0) is 12.5. The highest BCUT2D eigenvalue weighted by Gasteiger charge is 2.01. The average molecular weight is 239 g/mol. The van der Waals surface area contributed by atoms with Crippen LogP contribution in [0.25, 0.3) is 0 Å². The van der Waals surface area contributed by atoms with E-state index in [0.29, 0.717) is 19.0 Å². The van der Waals surface area contributed by atoms with E-state index in [-0.39, 0.29) is 0 Å². The van der Waals surface area contributed by atoms with Gasteiger partial charge in [-0.25, -0.2) is 0 Å². The Balaban J connectivity index is 2.20. The standard InChI is InChI=1S/C11H21N5O/c1-10(2)13-6-4-11-8-16(15-14-11)7-3-5-12-9-17/h8-10,13H,3-7H2,1-2H3,(H,12,17). The number of aryl methyl sites for hydroxylation is 1. The highest BCUT2D eigenvalue weighted by Crippen LogP contribution is 1.95. The van der Waals surface area contributed by atoms with Crippen molar-refractivity contribution in [3.05, 3.63) is 11.9 Å². The van der Waals surface area contributed by atoms with Crippen molar-refractivity contribution in [3.63, 3.8) is 0 Å². The molecule has 0 atom stereocenters. The Morgan fingerprint density at radius 3 is 3.00 bits per heavy atom. The van der Waals surface area contributed by atoms with Crippen molar-refractivity contribution in [2.45, 2.75) is 39.3 Å². The van der Waals surface area contributed by atoms with Crippen LogP contribution < -0.4 is 10.6 Å². The highest BCUT2D eigenvalue weighted by molar-refractivity contribution is 5.45. The molecule has 6 heteroatoms. The molecule has 0 aliphatic heterocycles. The lowest BCUT2D eigenvalue weighted by atomic mass is 10.3. The van der Waals surface area contributed by atoms with Crippen LogP contribution in [0.1, 0.15) is 26.0 Å². The quantitative estimate of drug-likeness (QED) is 0.468. The molecule has 6 nitrogen and oxygen atoms in total. The van der Waals surface area contributed by atoms with Crippen LogP contribution in [0.5, 0.6) is 0 Å². The van der Waals surface area contributed by atoms with Crippen LogP contribution in [0.3, 0.4) is 0 Å². The number of nitrogens with one attached hydrogen (secondary N) is 2. The fraction of sp³-hybridized carbons (Fsp3) is 0.727. The molecule has 0 aromatic carbocycles. The lowest BCUT2D eigenvalue weighted by Gasteiger charge is -2.05. The zero-order valence-electron chi connectivity index (χ0n) is 10.5. The van der Waals surface area contributed by atoms with Gasteiger partial charge in [-0.1, -0.05) is 19.1 Å². The predicted molar refractivity (Wildman–Crippen MR) is 65.5 cm³/mol. The Morgan fingerprint density at radius 2 is 2.29 bits per heavy atom. The van der Waals surface area contributed by atoms with E-state index in [1.165, 1.54) is 0 Å². The number of amides is 1. The first kappa shape index (κ1) is 13.6. The van der Waals surface area contributed by atoms with Crippen LogP contribution in [-0.2, 0) is 17.8 Å². The summed E-state index contributed by atoms with van der Waals surface area (Å²) in [6.45, 7) is 6.62. The van der Waals surface area contributed by atoms with Crippen molar-refractivity contribution in [3.8, 4) is 0 Å². The van der Waals surface area contributed by atoms with Gasteiger partial charge in [-0.05, 0) is 6.42 Å². The summed E-state index contributed by atoms with van der Waals surface area (Å²) in [4.78, 5) is 10.0. The summed E-state index contributed by atoms with van der Waals surface area (Å²) in [7, 11) is 0. The molecule has 0 radical (unpaired) electrons. The van der Waals surface area contributed by atoms with Crippen molar-refractivity contribution < 1.29 is 4.79 Å². The topological polar surface area (TPSA) is 71.8 Å². The number of aromatic nitrogens is 3. The van der Waals surface area contributed by atoms with Gasteiger partial charge in [-0.3, -0.25) is 9.48 Å². The van der Waals surface area contributed by atoms with Crippen LogP contribution in [0.15, 0.2) is 6.20 Å². The largest absolute Gasteiger partial charge is 0.359 e. The number of hydrogen-bond donors (Lipinski definition) is 2. The number of carbonyl (C=O) groups is 1. The maximum Gasteiger partial charge on any atom is 0.207 e. The molecule has 1 rings (SSSR count). The van der Waals surface area contributed by atoms with Gasteiger partial charge >= 0.3 is 0 Å². The summed E-state index contributed by atoms with van der Waals surface area (Å²) >= 11 is 0. The molecule has 1 aromatic rings. The summed E-state index contributed by atoms with van der Waals surface area (Å²) in [5.41, 5.74) is 1.00. The zero-order valence-corrected chi connectivity index (χ0v) is 10.5. The van der Waals surface area contributed by atoms with Gasteiger partial charge in [-0.2, -0.15) is 0 Å². The van der Waals surface area contributed by atoms with E-state index in [1.807, 2.05) is 10.9 Å². The van der Waals surface area contributed by atoms with Crippen molar-refractivity contribution in [2.24, 2.45) is 0 Å². The van der Waals surface area contributed by atoms with E-state index in [0.717, 1.165) is 31.6 Å². The molecule has 1 amide bonds. The molecular formula is C11H21N5O. The van der Waals surface area contributed by atoms with Gasteiger partial charge in [0.2, 0.25) is 6.41 Å². The summed E-state index contributed by atoms with van der Waals surface area (Å²) in [5, 5.41) is 14.1. The predicted octanol–water partition coefficient (Wildman–Crippen LogP) is -0.0453. The van der Waals surface area contributed by atoms with Crippen LogP contribution in [0.2, 0.25) is 0 Å². The second-order valence-corrected chi connectivity index (χ2v) is 4.26. The molecule has 2 N–H and O–H groups in total. The normalized spacial score (nSPS) is 10.8. The monoisotopic (exact) mass is 239 g/mol. The average Bonchev–Trinajstić information content (AvgIpc) is 2.72. The minimum atomic E-state index is 0.500. The lowest BCUT2D eigenvalue weighted by molar-refractivity contribution is -0.109. The van der Waals surface area contributed by atoms with Gasteiger partial charge in [0.1, 0.15) is 0 Å². The van der Waals surface area contributed by atoms with Gasteiger partial charge in [0.15, 0.2) is 0 Å². The maximum absolute atomic E-state index is 10.0. The Morgan fingerprint density at radius 1 is 1.47 bits per heavy atom. The smallest absolute Gasteiger partial charge is 0.207 e. The molecule has 0 unspecified atom stereocenters. The molecule has 0 spiro atoms. The SMILES string of the molecule is CC(C)NCCc1cn(CCCNC=O)nn1. The number of nitrogens with zero attached hydrogens (tertiary/aromatic N) is 3. The minimum absolute atomic E-state index is 0.500. The highest BCUT2D eigenvalue weighted by atomic mass is 16.1. The fourth-order valence-electron chi connectivity index (χ4n) is 1.45. The Labute approximate surface area is 102 Å². The molecule has 1 aromatic heterocycles. The Hall–Kier alpha value is -1.43. The van der Waals surface area contributed by atoms with E-state index in [2.05, 4.69) is 34.8 Å². The third-order valence-electron chi connectivity index (χ3n) is 2.31. The second-order valence-electron chi connectivity index (χ2n) is 4.26. The maximum atomic E-state index is 10.0. The van der Waals surface area contributed by atoms with Crippen molar-refractivity contribution in [1.82, 2.24) is 25.6 Å². The minimum Gasteiger partial charge on any atom is -0.359 e. The van der Waals surface area contributed by atoms with E-state index >= 15 is 0 Å². The lowest BCUT2D eigenvalue weighted by Crippen LogP contribution is -2.25. The first-order valence-electron chi connectivity index (χ1n) is 6.02. The van der Waals surface area contributed by atoms with Crippen LogP contribution in [0.4, 0.5) is 0 Å². The summed E-state index contributed by atoms with van der Waals surface area (Å²) in [6, 6.07) is 0.500. The van der Waals surface area contributed by atoms with E-state index < -0.39 is 0 Å². The van der Waals surface area contributed by atoms with E-state index in [4.69, 9.17) is 0 Å². The van der Waals surface area contributed by atoms with Gasteiger partial charge < -0.3 is 10.6 Å². The molecular weight excluding hydrogens is 218 g/mol. The molecule has 0 bridgehead atoms. The molecule has 17 heavy (non-hydrogen) atoms. The van der Waals surface area contributed by atoms with Crippen molar-refractivity contribution in [1.29, 1.82) is 0 Å². The number of carbonyl (C=O) groups excluding carboxylic acids is 1. The number of rotatable bonds is 9. The first-order valence-corrected chi connectivity index (χ1v) is 6.02. The first-order chi connectivity index (χ1) is 8.22. The Kier molecular flexibility index (Phi) is 6.24. The van der Waals surface area contributed by atoms with E-state index in [1.54, 1.807) is 0 Å². The van der Waals surface area contributed by atoms with Gasteiger partial charge in [0.25, 0.3) is 0 Å². The summed E-state index contributed by atoms with van der Waals surface area (Å²) < 4.78 is 1.82. The molecule has 0 saturated heterocycles. The second kappa shape index (κ2) is 7.78. The summed E-state index contributed by atoms with van der Waals surface area (Å²) in [5.74, 6) is 0. The van der Waals surface area contributed by atoms with Gasteiger partial charge in [-0.15, -0.1) is 5.10 Å². The summed E-state index contributed by atoms with van der Waals surface area (Å²) in [6.07, 6.45) is 4.43. The third kappa shape index (κ3) is 6.01. The van der Waals surface area contributed by atoms with Crippen LogP contribution >= 0.6 is 0 Å². The van der Waals surface area contributed by atoms with Crippen LogP contribution in [0, 0.1) is 0 Å². The van der Waals surface area contributed by atoms with Gasteiger partial charge in [0, 0.05) is 38.3 Å². The van der Waals surface area contributed by atoms with E-state index in [9.17, 15) is 4.79 Å². The Bertz CT molecular complexity index is 323. The molecule has 0 saturated carbocycles. The van der Waals surface area contributed by atoms with Crippen molar-refractivity contribution >= 4 is 6.41 Å². The fourth-order valence-corrected chi connectivity index (χ4v) is 1.45. The van der Waals surface area contributed by atoms with Gasteiger partial charge in [0.05, 0.1) is 5.69 Å². The molecule has 0 fully saturated rings. The molecule has 0 aliphatic rings. The van der Waals surface area contributed by atoms with Crippen LogP contribution in [-0.4, -0.2) is 40.5 Å². The van der Waals surface area contributed by atoms with Crippen molar-refractivity contribution in [2.75, 3.05) is 13.1 Å². The molecule has 0 aliphatic carbocycles.